The van der Waals surface area contributed by atoms with Crippen molar-refractivity contribution in [1.29, 1.82) is 0 Å². The minimum Gasteiger partial charge on any atom is -0.508 e. The van der Waals surface area contributed by atoms with E-state index in [1.807, 2.05) is 12.1 Å². The molecule has 3 nitrogen and oxygen atoms in total. The van der Waals surface area contributed by atoms with Gasteiger partial charge in [0.1, 0.15) is 5.75 Å². The zero-order chi connectivity index (χ0) is 14.0. The second kappa shape index (κ2) is 5.93. The molecule has 0 saturated heterocycles. The van der Waals surface area contributed by atoms with Crippen LogP contribution in [-0.4, -0.2) is 48.1 Å². The van der Waals surface area contributed by atoms with Gasteiger partial charge in [0.15, 0.2) is 0 Å². The van der Waals surface area contributed by atoms with E-state index in [0.717, 1.165) is 19.5 Å². The summed E-state index contributed by atoms with van der Waals surface area (Å²) in [6, 6.07) is 6.91. The number of aromatic hydroxyl groups is 1. The Labute approximate surface area is 116 Å². The van der Waals surface area contributed by atoms with Crippen LogP contribution in [0.15, 0.2) is 18.2 Å². The number of phenols is 1. The Balaban J connectivity index is 2.18. The van der Waals surface area contributed by atoms with Gasteiger partial charge >= 0.3 is 0 Å². The van der Waals surface area contributed by atoms with Crippen molar-refractivity contribution in [2.45, 2.75) is 38.8 Å². The average molecular weight is 262 g/mol. The summed E-state index contributed by atoms with van der Waals surface area (Å²) in [6.07, 6.45) is 2.25. The predicted octanol–water partition coefficient (Wildman–Crippen LogP) is 2.65. The van der Waals surface area contributed by atoms with Gasteiger partial charge in [0, 0.05) is 18.6 Å². The summed E-state index contributed by atoms with van der Waals surface area (Å²) >= 11 is 0. The van der Waals surface area contributed by atoms with Crippen LogP contribution in [0.25, 0.3) is 0 Å². The zero-order valence-corrected chi connectivity index (χ0v) is 12.6. The zero-order valence-electron chi connectivity index (χ0n) is 12.6. The molecule has 1 aromatic rings. The number of aryl methyl sites for hydroxylation is 1. The SMILES string of the molecule is CCN(C(C)CN(C)C)C1CCc2cc(O)ccc21. The summed E-state index contributed by atoms with van der Waals surface area (Å²) in [7, 11) is 4.26. The second-order valence-electron chi connectivity index (χ2n) is 5.88. The maximum absolute atomic E-state index is 9.59. The Kier molecular flexibility index (Phi) is 4.48. The largest absolute Gasteiger partial charge is 0.508 e. The third kappa shape index (κ3) is 3.10. The van der Waals surface area contributed by atoms with Gasteiger partial charge in [-0.15, -0.1) is 0 Å². The molecular formula is C16H26N2O. The molecule has 1 aromatic carbocycles. The molecule has 0 aliphatic heterocycles. The van der Waals surface area contributed by atoms with Gasteiger partial charge in [-0.3, -0.25) is 4.90 Å². The fourth-order valence-electron chi connectivity index (χ4n) is 3.40. The summed E-state index contributed by atoms with van der Waals surface area (Å²) in [5.41, 5.74) is 2.73. The van der Waals surface area contributed by atoms with Crippen LogP contribution in [0, 0.1) is 0 Å². The van der Waals surface area contributed by atoms with E-state index >= 15 is 0 Å². The molecule has 3 heteroatoms. The van der Waals surface area contributed by atoms with Crippen LogP contribution in [-0.2, 0) is 6.42 Å². The Bertz CT molecular complexity index is 431. The summed E-state index contributed by atoms with van der Waals surface area (Å²) in [5, 5.41) is 9.59. The first-order valence-corrected chi connectivity index (χ1v) is 7.25. The first-order chi connectivity index (χ1) is 9.02. The fraction of sp³-hybridized carbons (Fsp3) is 0.625. The van der Waals surface area contributed by atoms with Crippen LogP contribution in [0.4, 0.5) is 0 Å². The molecule has 1 aliphatic rings. The van der Waals surface area contributed by atoms with Crippen LogP contribution in [0.1, 0.15) is 37.4 Å². The minimum atomic E-state index is 0.392. The maximum Gasteiger partial charge on any atom is 0.115 e. The molecule has 1 aliphatic carbocycles. The lowest BCUT2D eigenvalue weighted by Gasteiger charge is -2.35. The van der Waals surface area contributed by atoms with Crippen molar-refractivity contribution < 1.29 is 5.11 Å². The van der Waals surface area contributed by atoms with Crippen molar-refractivity contribution >= 4 is 0 Å². The molecule has 0 bridgehead atoms. The number of likely N-dealkylation sites (N-methyl/N-ethyl adjacent to an activating group) is 2. The van der Waals surface area contributed by atoms with E-state index in [2.05, 4.69) is 43.8 Å². The van der Waals surface area contributed by atoms with Gasteiger partial charge in [0.05, 0.1) is 0 Å². The van der Waals surface area contributed by atoms with E-state index < -0.39 is 0 Å². The number of fused-ring (bicyclic) bond motifs is 1. The first-order valence-electron chi connectivity index (χ1n) is 7.25. The molecule has 0 radical (unpaired) electrons. The van der Waals surface area contributed by atoms with E-state index in [1.54, 1.807) is 0 Å². The Morgan fingerprint density at radius 2 is 2.11 bits per heavy atom. The number of hydrogen-bond acceptors (Lipinski definition) is 3. The lowest BCUT2D eigenvalue weighted by molar-refractivity contribution is 0.127. The lowest BCUT2D eigenvalue weighted by atomic mass is 10.0. The Morgan fingerprint density at radius 3 is 2.74 bits per heavy atom. The monoisotopic (exact) mass is 262 g/mol. The molecule has 0 spiro atoms. The van der Waals surface area contributed by atoms with Crippen molar-refractivity contribution in [2.75, 3.05) is 27.2 Å². The average Bonchev–Trinajstić information content (AvgIpc) is 2.72. The number of benzene rings is 1. The molecule has 1 N–H and O–H groups in total. The Morgan fingerprint density at radius 1 is 1.37 bits per heavy atom. The van der Waals surface area contributed by atoms with Crippen molar-refractivity contribution in [3.8, 4) is 5.75 Å². The second-order valence-corrected chi connectivity index (χ2v) is 5.88. The smallest absolute Gasteiger partial charge is 0.115 e. The van der Waals surface area contributed by atoms with Gasteiger partial charge in [0.25, 0.3) is 0 Å². The van der Waals surface area contributed by atoms with Crippen molar-refractivity contribution in [2.24, 2.45) is 0 Å². The van der Waals surface area contributed by atoms with Crippen molar-refractivity contribution in [1.82, 2.24) is 9.80 Å². The molecule has 0 heterocycles. The van der Waals surface area contributed by atoms with Gasteiger partial charge in [-0.05, 0) is 63.7 Å². The normalized spacial score (nSPS) is 20.0. The van der Waals surface area contributed by atoms with E-state index in [-0.39, 0.29) is 0 Å². The van der Waals surface area contributed by atoms with Gasteiger partial charge < -0.3 is 10.0 Å². The topological polar surface area (TPSA) is 26.7 Å². The van der Waals surface area contributed by atoms with E-state index in [9.17, 15) is 5.11 Å². The summed E-state index contributed by atoms with van der Waals surface area (Å²) < 4.78 is 0. The van der Waals surface area contributed by atoms with Crippen molar-refractivity contribution in [3.63, 3.8) is 0 Å². The van der Waals surface area contributed by atoms with Gasteiger partial charge in [-0.1, -0.05) is 13.0 Å². The van der Waals surface area contributed by atoms with Crippen LogP contribution in [0.2, 0.25) is 0 Å². The summed E-state index contributed by atoms with van der Waals surface area (Å²) in [5.74, 6) is 0.392. The highest BCUT2D eigenvalue weighted by Crippen LogP contribution is 2.38. The van der Waals surface area contributed by atoms with Crippen LogP contribution < -0.4 is 0 Å². The third-order valence-electron chi connectivity index (χ3n) is 4.13. The van der Waals surface area contributed by atoms with Gasteiger partial charge in [0.2, 0.25) is 0 Å². The highest BCUT2D eigenvalue weighted by atomic mass is 16.3. The molecular weight excluding hydrogens is 236 g/mol. The molecule has 19 heavy (non-hydrogen) atoms. The number of hydrogen-bond donors (Lipinski definition) is 1. The molecule has 0 fully saturated rings. The van der Waals surface area contributed by atoms with Crippen LogP contribution in [0.3, 0.4) is 0 Å². The van der Waals surface area contributed by atoms with Crippen LogP contribution >= 0.6 is 0 Å². The molecule has 0 aromatic heterocycles. The number of phenolic OH excluding ortho intramolecular Hbond substituents is 1. The predicted molar refractivity (Wildman–Crippen MR) is 79.6 cm³/mol. The van der Waals surface area contributed by atoms with E-state index in [4.69, 9.17) is 0 Å². The van der Waals surface area contributed by atoms with Gasteiger partial charge in [-0.2, -0.15) is 0 Å². The van der Waals surface area contributed by atoms with Gasteiger partial charge in [-0.25, -0.2) is 0 Å². The van der Waals surface area contributed by atoms with E-state index in [1.165, 1.54) is 17.5 Å². The molecule has 0 amide bonds. The van der Waals surface area contributed by atoms with E-state index in [0.29, 0.717) is 17.8 Å². The highest BCUT2D eigenvalue weighted by molar-refractivity contribution is 5.40. The first kappa shape index (κ1) is 14.4. The summed E-state index contributed by atoms with van der Waals surface area (Å²) in [4.78, 5) is 4.84. The Hall–Kier alpha value is -1.06. The fourth-order valence-corrected chi connectivity index (χ4v) is 3.40. The quantitative estimate of drug-likeness (QED) is 0.883. The highest BCUT2D eigenvalue weighted by Gasteiger charge is 2.30. The van der Waals surface area contributed by atoms with Crippen LogP contribution in [0.5, 0.6) is 5.75 Å². The molecule has 2 unspecified atom stereocenters. The molecule has 2 atom stereocenters. The number of nitrogens with zero attached hydrogens (tertiary/aromatic N) is 2. The standard InChI is InChI=1S/C16H26N2O/c1-5-18(12(2)11-17(3)4)16-9-6-13-10-14(19)7-8-15(13)16/h7-8,10,12,16,19H,5-6,9,11H2,1-4H3. The number of rotatable bonds is 5. The molecule has 106 valence electrons. The maximum atomic E-state index is 9.59. The third-order valence-corrected chi connectivity index (χ3v) is 4.13. The van der Waals surface area contributed by atoms with Crippen molar-refractivity contribution in [3.05, 3.63) is 29.3 Å². The molecule has 2 rings (SSSR count). The molecule has 0 saturated carbocycles. The summed E-state index contributed by atoms with van der Waals surface area (Å²) in [6.45, 7) is 6.70. The lowest BCUT2D eigenvalue weighted by Crippen LogP contribution is -2.41. The minimum absolute atomic E-state index is 0.392.